The highest BCUT2D eigenvalue weighted by Gasteiger charge is 2.30. The Hall–Kier alpha value is -3.36. The minimum absolute atomic E-state index is 0.114. The molecule has 0 saturated carbocycles. The highest BCUT2D eigenvalue weighted by atomic mass is 35.5. The van der Waals surface area contributed by atoms with E-state index in [2.05, 4.69) is 4.98 Å². The Labute approximate surface area is 216 Å². The normalized spacial score (nSPS) is 11.5. The van der Waals surface area contributed by atoms with E-state index in [0.29, 0.717) is 27.2 Å². The molecule has 0 unspecified atom stereocenters. The zero-order chi connectivity index (χ0) is 26.0. The number of benzene rings is 3. The van der Waals surface area contributed by atoms with Crippen LogP contribution in [-0.2, 0) is 11.2 Å². The van der Waals surface area contributed by atoms with E-state index in [9.17, 15) is 13.6 Å². The molecule has 0 atom stereocenters. The van der Waals surface area contributed by atoms with Crippen LogP contribution in [0.15, 0.2) is 72.0 Å². The van der Waals surface area contributed by atoms with Crippen LogP contribution in [0.4, 0.5) is 8.78 Å². The molecule has 3 aromatic carbocycles. The SMILES string of the molecule is COc1cc(C(C)(C)c2cnc(SCc3ccc(C(=O)O)cc3F)n2-c2ccc(F)cc2)ccc1Cl. The Bertz CT molecular complexity index is 1420. The Balaban J connectivity index is 1.76. The molecule has 4 aromatic rings. The van der Waals surface area contributed by atoms with Gasteiger partial charge in [-0.2, -0.15) is 0 Å². The van der Waals surface area contributed by atoms with Gasteiger partial charge in [-0.25, -0.2) is 18.6 Å². The van der Waals surface area contributed by atoms with Crippen molar-refractivity contribution in [2.45, 2.75) is 30.2 Å². The molecule has 186 valence electrons. The van der Waals surface area contributed by atoms with Crippen molar-refractivity contribution in [3.05, 3.63) is 106 Å². The van der Waals surface area contributed by atoms with Gasteiger partial charge in [-0.05, 0) is 59.7 Å². The van der Waals surface area contributed by atoms with Gasteiger partial charge in [0, 0.05) is 16.9 Å². The van der Waals surface area contributed by atoms with E-state index in [1.54, 1.807) is 31.5 Å². The van der Waals surface area contributed by atoms with Crippen LogP contribution in [0.3, 0.4) is 0 Å². The number of aromatic carboxylic acids is 1. The quantitative estimate of drug-likeness (QED) is 0.246. The highest BCUT2D eigenvalue weighted by molar-refractivity contribution is 7.98. The molecule has 0 saturated heterocycles. The minimum Gasteiger partial charge on any atom is -0.495 e. The van der Waals surface area contributed by atoms with Gasteiger partial charge in [0.2, 0.25) is 0 Å². The summed E-state index contributed by atoms with van der Waals surface area (Å²) in [6.45, 7) is 4.07. The maximum atomic E-state index is 14.5. The molecule has 0 spiro atoms. The standard InChI is InChI=1S/C27H23ClF2N2O3S/c1-27(2,18-6-11-21(28)23(13-18)35-3)24-14-31-26(32(24)20-9-7-19(29)8-10-20)36-15-17-5-4-16(25(33)34)12-22(17)30/h4-14H,15H2,1-3H3,(H,33,34). The molecule has 0 fully saturated rings. The van der Waals surface area contributed by atoms with Crippen molar-refractivity contribution in [1.82, 2.24) is 9.55 Å². The highest BCUT2D eigenvalue weighted by Crippen LogP contribution is 2.39. The van der Waals surface area contributed by atoms with E-state index in [-0.39, 0.29) is 17.1 Å². The molecule has 0 amide bonds. The first-order valence-corrected chi connectivity index (χ1v) is 12.3. The Morgan fingerprint density at radius 3 is 2.47 bits per heavy atom. The van der Waals surface area contributed by atoms with Crippen LogP contribution in [0.25, 0.3) is 5.69 Å². The number of halogens is 3. The molecule has 0 aliphatic carbocycles. The number of nitrogens with zero attached hydrogens (tertiary/aromatic N) is 2. The molecule has 5 nitrogen and oxygen atoms in total. The lowest BCUT2D eigenvalue weighted by Gasteiger charge is -2.28. The number of imidazole rings is 1. The van der Waals surface area contributed by atoms with Crippen molar-refractivity contribution in [3.8, 4) is 11.4 Å². The second-order valence-electron chi connectivity index (χ2n) is 8.61. The van der Waals surface area contributed by atoms with Crippen molar-refractivity contribution >= 4 is 29.3 Å². The Morgan fingerprint density at radius 2 is 1.83 bits per heavy atom. The molecule has 0 aliphatic rings. The zero-order valence-corrected chi connectivity index (χ0v) is 21.3. The summed E-state index contributed by atoms with van der Waals surface area (Å²) < 4.78 is 35.6. The molecule has 1 heterocycles. The average molecular weight is 529 g/mol. The van der Waals surface area contributed by atoms with E-state index in [0.717, 1.165) is 17.3 Å². The second kappa shape index (κ2) is 10.3. The number of rotatable bonds is 8. The Morgan fingerprint density at radius 1 is 1.11 bits per heavy atom. The molecular weight excluding hydrogens is 506 g/mol. The lowest BCUT2D eigenvalue weighted by Crippen LogP contribution is -2.23. The smallest absolute Gasteiger partial charge is 0.335 e. The van der Waals surface area contributed by atoms with Gasteiger partial charge in [0.15, 0.2) is 5.16 Å². The second-order valence-corrected chi connectivity index (χ2v) is 9.96. The van der Waals surface area contributed by atoms with Gasteiger partial charge in [-0.3, -0.25) is 4.57 Å². The van der Waals surface area contributed by atoms with Gasteiger partial charge in [0.05, 0.1) is 29.6 Å². The molecule has 1 aromatic heterocycles. The van der Waals surface area contributed by atoms with Crippen molar-refractivity contribution in [2.75, 3.05) is 7.11 Å². The lowest BCUT2D eigenvalue weighted by atomic mass is 9.81. The molecule has 0 bridgehead atoms. The van der Waals surface area contributed by atoms with Crippen LogP contribution in [0, 0.1) is 11.6 Å². The van der Waals surface area contributed by atoms with Crippen LogP contribution in [-0.4, -0.2) is 27.7 Å². The van der Waals surface area contributed by atoms with Gasteiger partial charge in [-0.1, -0.05) is 49.3 Å². The van der Waals surface area contributed by atoms with Gasteiger partial charge < -0.3 is 9.84 Å². The maximum absolute atomic E-state index is 14.5. The fourth-order valence-corrected chi connectivity index (χ4v) is 5.03. The minimum atomic E-state index is -1.19. The van der Waals surface area contributed by atoms with Crippen molar-refractivity contribution in [1.29, 1.82) is 0 Å². The average Bonchev–Trinajstić information content (AvgIpc) is 3.28. The molecule has 0 aliphatic heterocycles. The summed E-state index contributed by atoms with van der Waals surface area (Å²) in [4.78, 5) is 15.7. The van der Waals surface area contributed by atoms with Gasteiger partial charge in [0.1, 0.15) is 17.4 Å². The summed E-state index contributed by atoms with van der Waals surface area (Å²) in [5, 5.41) is 10.2. The van der Waals surface area contributed by atoms with Crippen LogP contribution >= 0.6 is 23.4 Å². The van der Waals surface area contributed by atoms with Gasteiger partial charge in [0.25, 0.3) is 0 Å². The number of carboxylic acid groups (broad SMARTS) is 1. The number of methoxy groups -OCH3 is 1. The maximum Gasteiger partial charge on any atom is 0.335 e. The number of thioether (sulfide) groups is 1. The molecule has 0 radical (unpaired) electrons. The number of ether oxygens (including phenoxy) is 1. The van der Waals surface area contributed by atoms with E-state index in [1.807, 2.05) is 30.5 Å². The fraction of sp³-hybridized carbons (Fsp3) is 0.185. The molecule has 4 rings (SSSR count). The first-order valence-electron chi connectivity index (χ1n) is 10.9. The predicted molar refractivity (Wildman–Crippen MR) is 137 cm³/mol. The number of hydrogen-bond donors (Lipinski definition) is 1. The van der Waals surface area contributed by atoms with E-state index < -0.39 is 17.2 Å². The first-order chi connectivity index (χ1) is 17.1. The van der Waals surface area contributed by atoms with Gasteiger partial charge >= 0.3 is 5.97 Å². The van der Waals surface area contributed by atoms with E-state index in [1.165, 1.54) is 36.0 Å². The van der Waals surface area contributed by atoms with E-state index >= 15 is 0 Å². The molecule has 36 heavy (non-hydrogen) atoms. The molecule has 9 heteroatoms. The predicted octanol–water partition coefficient (Wildman–Crippen LogP) is 7.13. The molecule has 1 N–H and O–H groups in total. The number of carbonyl (C=O) groups is 1. The topological polar surface area (TPSA) is 64.3 Å². The number of carboxylic acids is 1. The third kappa shape index (κ3) is 5.10. The monoisotopic (exact) mass is 528 g/mol. The van der Waals surface area contributed by atoms with Crippen molar-refractivity contribution < 1.29 is 23.4 Å². The van der Waals surface area contributed by atoms with Crippen LogP contribution in [0.5, 0.6) is 5.75 Å². The summed E-state index contributed by atoms with van der Waals surface area (Å²) in [5.41, 5.74) is 2.12. The van der Waals surface area contributed by atoms with E-state index in [4.69, 9.17) is 21.4 Å². The van der Waals surface area contributed by atoms with Crippen molar-refractivity contribution in [2.24, 2.45) is 0 Å². The van der Waals surface area contributed by atoms with Crippen LogP contribution in [0.1, 0.15) is 41.0 Å². The summed E-state index contributed by atoms with van der Waals surface area (Å²) >= 11 is 7.53. The summed E-state index contributed by atoms with van der Waals surface area (Å²) in [6, 6.07) is 15.5. The third-order valence-electron chi connectivity index (χ3n) is 5.98. The Kier molecular flexibility index (Phi) is 7.38. The summed E-state index contributed by atoms with van der Waals surface area (Å²) in [7, 11) is 1.55. The van der Waals surface area contributed by atoms with Gasteiger partial charge in [-0.15, -0.1) is 0 Å². The fourth-order valence-electron chi connectivity index (χ4n) is 3.85. The van der Waals surface area contributed by atoms with Crippen molar-refractivity contribution in [3.63, 3.8) is 0 Å². The van der Waals surface area contributed by atoms with Crippen LogP contribution < -0.4 is 4.74 Å². The third-order valence-corrected chi connectivity index (χ3v) is 7.30. The summed E-state index contributed by atoms with van der Waals surface area (Å²) in [5.74, 6) is -1.39. The zero-order valence-electron chi connectivity index (χ0n) is 19.8. The first kappa shape index (κ1) is 25.7. The van der Waals surface area contributed by atoms with Crippen LogP contribution in [0.2, 0.25) is 5.02 Å². The lowest BCUT2D eigenvalue weighted by molar-refractivity contribution is 0.0696. The number of aromatic nitrogens is 2. The number of hydrogen-bond acceptors (Lipinski definition) is 4. The largest absolute Gasteiger partial charge is 0.495 e. The summed E-state index contributed by atoms with van der Waals surface area (Å²) in [6.07, 6.45) is 1.75. The molecular formula is C27H23ClF2N2O3S.